The highest BCUT2D eigenvalue weighted by molar-refractivity contribution is 5.91. The molecule has 3 heterocycles. The number of hydrogen-bond donors (Lipinski definition) is 6. The van der Waals surface area contributed by atoms with Gasteiger partial charge in [0.2, 0.25) is 12.2 Å². The number of carbonyl (C=O) groups is 2. The number of nitrogens with zero attached hydrogens (tertiary/aromatic N) is 1. The molecule has 0 bridgehead atoms. The van der Waals surface area contributed by atoms with Gasteiger partial charge in [-0.2, -0.15) is 0 Å². The van der Waals surface area contributed by atoms with Gasteiger partial charge in [0.1, 0.15) is 36.3 Å². The van der Waals surface area contributed by atoms with Crippen LogP contribution in [0.4, 0.5) is 0 Å². The van der Waals surface area contributed by atoms with Crippen molar-refractivity contribution in [2.75, 3.05) is 20.8 Å². The lowest BCUT2D eigenvalue weighted by Crippen LogP contribution is -2.54. The zero-order valence-corrected chi connectivity index (χ0v) is 22.6. The Labute approximate surface area is 238 Å². The average molecular weight is 593 g/mol. The molecule has 2 amide bonds. The van der Waals surface area contributed by atoms with Gasteiger partial charge < -0.3 is 50.1 Å². The molecule has 7 N–H and O–H groups in total. The van der Waals surface area contributed by atoms with E-state index in [1.54, 1.807) is 19.2 Å². The van der Waals surface area contributed by atoms with Crippen LogP contribution < -0.4 is 27.0 Å². The van der Waals surface area contributed by atoms with Gasteiger partial charge in [-0.3, -0.25) is 23.9 Å². The number of rotatable bonds is 11. The molecule has 16 heteroatoms. The predicted molar refractivity (Wildman–Crippen MR) is 141 cm³/mol. The predicted octanol–water partition coefficient (Wildman–Crippen LogP) is -2.99. The standard InChI is InChI=1S/C26H32N4O12/c1-38-13-5-3-12(4-6-13)7-9-28-23(36)15-11-14(31)17(33)25(40-15)42-21(22(27)35)20-19(39-2)18(34)24(41-20)30-10-8-16(32)29-26(30)37/h3-6,8,10-11,14,17-21,24-25,31,33-34H,7,9H2,1-2H3,(H2,27,35)(H,28,36)(H,29,32,37)/t14-,17-,18+,19-,20?,21?,24+,25+/m0/s1. The highest BCUT2D eigenvalue weighted by Gasteiger charge is 2.52. The normalized spacial score (nSPS) is 27.9. The average Bonchev–Trinajstić information content (AvgIpc) is 3.28. The molecular formula is C26H32N4O12. The first-order valence-electron chi connectivity index (χ1n) is 12.8. The number of H-pyrrole nitrogens is 1. The van der Waals surface area contributed by atoms with E-state index in [1.165, 1.54) is 7.11 Å². The van der Waals surface area contributed by atoms with Crippen LogP contribution in [-0.4, -0.2) is 100 Å². The summed E-state index contributed by atoms with van der Waals surface area (Å²) in [5.74, 6) is -1.55. The fourth-order valence-electron chi connectivity index (χ4n) is 4.59. The summed E-state index contributed by atoms with van der Waals surface area (Å²) >= 11 is 0. The summed E-state index contributed by atoms with van der Waals surface area (Å²) < 4.78 is 28.1. The van der Waals surface area contributed by atoms with E-state index in [0.29, 0.717) is 12.2 Å². The molecule has 2 aliphatic rings. The van der Waals surface area contributed by atoms with Crippen molar-refractivity contribution in [2.24, 2.45) is 5.73 Å². The van der Waals surface area contributed by atoms with Crippen LogP contribution in [-0.2, 0) is 35.0 Å². The van der Waals surface area contributed by atoms with Crippen LogP contribution >= 0.6 is 0 Å². The SMILES string of the molecule is COc1ccc(CCNC(=O)C2=C[C@H](O)[C@H](O)[C@@H](OC(C(N)=O)C3O[C@@H](n4ccc(=O)[nH]c4=O)[C@H](O)[C@@H]3OC)O2)cc1. The van der Waals surface area contributed by atoms with Gasteiger partial charge in [-0.15, -0.1) is 0 Å². The van der Waals surface area contributed by atoms with Crippen LogP contribution in [0.3, 0.4) is 0 Å². The maximum atomic E-state index is 12.8. The van der Waals surface area contributed by atoms with Crippen molar-refractivity contribution in [3.05, 3.63) is 74.8 Å². The first kappa shape index (κ1) is 30.9. The number of hydrogen-bond acceptors (Lipinski definition) is 12. The number of aliphatic hydroxyl groups is 3. The Morgan fingerprint density at radius 1 is 1.12 bits per heavy atom. The highest BCUT2D eigenvalue weighted by Crippen LogP contribution is 2.34. The Hall–Kier alpha value is -4.06. The summed E-state index contributed by atoms with van der Waals surface area (Å²) in [4.78, 5) is 51.0. The second-order valence-corrected chi connectivity index (χ2v) is 9.51. The van der Waals surface area contributed by atoms with Crippen molar-refractivity contribution >= 4 is 11.8 Å². The molecule has 2 unspecified atom stereocenters. The zero-order chi connectivity index (χ0) is 30.6. The lowest BCUT2D eigenvalue weighted by atomic mass is 10.0. The number of aromatic amines is 1. The molecule has 2 aromatic rings. The van der Waals surface area contributed by atoms with E-state index >= 15 is 0 Å². The lowest BCUT2D eigenvalue weighted by molar-refractivity contribution is -0.241. The minimum atomic E-state index is -1.78. The second kappa shape index (κ2) is 13.3. The third-order valence-corrected chi connectivity index (χ3v) is 6.78. The van der Waals surface area contributed by atoms with Crippen molar-refractivity contribution in [1.82, 2.24) is 14.9 Å². The van der Waals surface area contributed by atoms with Crippen molar-refractivity contribution in [3.63, 3.8) is 0 Å². The van der Waals surface area contributed by atoms with E-state index in [4.69, 9.17) is 29.4 Å². The summed E-state index contributed by atoms with van der Waals surface area (Å²) in [5.41, 5.74) is 4.88. The van der Waals surface area contributed by atoms with Gasteiger partial charge in [0, 0.05) is 25.9 Å². The van der Waals surface area contributed by atoms with E-state index in [1.807, 2.05) is 17.1 Å². The van der Waals surface area contributed by atoms with Crippen LogP contribution in [0.1, 0.15) is 11.8 Å². The van der Waals surface area contributed by atoms with Crippen LogP contribution in [0.2, 0.25) is 0 Å². The molecule has 1 saturated heterocycles. The monoisotopic (exact) mass is 592 g/mol. The van der Waals surface area contributed by atoms with Crippen LogP contribution in [0.15, 0.2) is 58.0 Å². The molecule has 2 aliphatic heterocycles. The third-order valence-electron chi connectivity index (χ3n) is 6.78. The van der Waals surface area contributed by atoms with Gasteiger partial charge in [0.15, 0.2) is 18.1 Å². The largest absolute Gasteiger partial charge is 0.497 e. The minimum Gasteiger partial charge on any atom is -0.497 e. The molecule has 228 valence electrons. The second-order valence-electron chi connectivity index (χ2n) is 9.51. The molecule has 1 fully saturated rings. The smallest absolute Gasteiger partial charge is 0.330 e. The highest BCUT2D eigenvalue weighted by atomic mass is 16.7. The topological polar surface area (TPSA) is 234 Å². The van der Waals surface area contributed by atoms with Crippen molar-refractivity contribution in [2.45, 2.75) is 55.6 Å². The molecule has 16 nitrogen and oxygen atoms in total. The number of aliphatic hydroxyl groups excluding tert-OH is 3. The van der Waals surface area contributed by atoms with Crippen molar-refractivity contribution in [1.29, 1.82) is 0 Å². The lowest BCUT2D eigenvalue weighted by Gasteiger charge is -2.35. The Kier molecular flexibility index (Phi) is 9.77. The molecule has 0 saturated carbocycles. The first-order valence-corrected chi connectivity index (χ1v) is 12.8. The Bertz CT molecular complexity index is 1410. The fraction of sp³-hybridized carbons (Fsp3) is 0.462. The zero-order valence-electron chi connectivity index (χ0n) is 22.6. The quantitative estimate of drug-likeness (QED) is 0.153. The number of amides is 2. The van der Waals surface area contributed by atoms with Gasteiger partial charge in [-0.25, -0.2) is 4.79 Å². The summed E-state index contributed by atoms with van der Waals surface area (Å²) in [6, 6.07) is 8.26. The van der Waals surface area contributed by atoms with Crippen molar-refractivity contribution < 1.29 is 48.6 Å². The number of carbonyl (C=O) groups excluding carboxylic acids is 2. The molecule has 0 aliphatic carbocycles. The molecule has 0 radical (unpaired) electrons. The molecular weight excluding hydrogens is 560 g/mol. The summed E-state index contributed by atoms with van der Waals surface area (Å²) in [6.45, 7) is 0.203. The van der Waals surface area contributed by atoms with E-state index in [2.05, 4.69) is 5.32 Å². The molecule has 42 heavy (non-hydrogen) atoms. The van der Waals surface area contributed by atoms with Gasteiger partial charge in [-0.1, -0.05) is 12.1 Å². The Balaban J connectivity index is 1.45. The first-order chi connectivity index (χ1) is 20.0. The van der Waals surface area contributed by atoms with Crippen LogP contribution in [0.25, 0.3) is 0 Å². The van der Waals surface area contributed by atoms with Crippen molar-refractivity contribution in [3.8, 4) is 5.75 Å². The number of primary amides is 1. The van der Waals surface area contributed by atoms with E-state index in [9.17, 15) is 34.5 Å². The molecule has 1 aromatic heterocycles. The number of nitrogens with two attached hydrogens (primary N) is 1. The third kappa shape index (κ3) is 6.70. The van der Waals surface area contributed by atoms with E-state index in [0.717, 1.165) is 28.5 Å². The summed E-state index contributed by atoms with van der Waals surface area (Å²) in [6.07, 6.45) is -10.1. The number of aromatic nitrogens is 2. The molecule has 4 rings (SSSR count). The maximum absolute atomic E-state index is 12.8. The number of nitrogens with one attached hydrogen (secondary N) is 2. The fourth-order valence-corrected chi connectivity index (χ4v) is 4.59. The summed E-state index contributed by atoms with van der Waals surface area (Å²) in [7, 11) is 2.75. The number of ether oxygens (including phenoxy) is 5. The van der Waals surface area contributed by atoms with Crippen LogP contribution in [0.5, 0.6) is 5.75 Å². The van der Waals surface area contributed by atoms with Gasteiger partial charge in [0.25, 0.3) is 11.5 Å². The van der Waals surface area contributed by atoms with E-state index < -0.39 is 72.2 Å². The van der Waals surface area contributed by atoms with Gasteiger partial charge >= 0.3 is 5.69 Å². The minimum absolute atomic E-state index is 0.203. The Morgan fingerprint density at radius 3 is 2.45 bits per heavy atom. The van der Waals surface area contributed by atoms with Gasteiger partial charge in [-0.05, 0) is 30.2 Å². The number of benzene rings is 1. The molecule has 0 spiro atoms. The van der Waals surface area contributed by atoms with Crippen LogP contribution in [0, 0.1) is 0 Å². The van der Waals surface area contributed by atoms with E-state index in [-0.39, 0.29) is 12.3 Å². The summed E-state index contributed by atoms with van der Waals surface area (Å²) in [5, 5.41) is 34.3. The molecule has 8 atom stereocenters. The number of methoxy groups -OCH3 is 2. The maximum Gasteiger partial charge on any atom is 0.330 e. The Morgan fingerprint density at radius 2 is 1.83 bits per heavy atom. The van der Waals surface area contributed by atoms with Gasteiger partial charge in [0.05, 0.1) is 7.11 Å². The molecule has 1 aromatic carbocycles.